The molecule has 690 valence electrons. The minimum absolute atomic E-state index is 0.190. The van der Waals surface area contributed by atoms with E-state index in [0.717, 1.165) is 99.3 Å². The highest BCUT2D eigenvalue weighted by atomic mass is 16.1. The van der Waals surface area contributed by atoms with Gasteiger partial charge in [0.15, 0.2) is 34.7 Å². The lowest BCUT2D eigenvalue weighted by Gasteiger charge is -2.06. The van der Waals surface area contributed by atoms with Crippen molar-refractivity contribution in [2.75, 3.05) is 0 Å². The average Bonchev–Trinajstić information content (AvgIpc) is 0.890. The third-order valence-corrected chi connectivity index (χ3v) is 25.6. The van der Waals surface area contributed by atoms with Gasteiger partial charge in [0.05, 0.1) is 0 Å². The molecule has 0 radical (unpaired) electrons. The predicted molar refractivity (Wildman–Crippen MR) is 527 cm³/mol. The second-order valence-corrected chi connectivity index (χ2v) is 37.2. The highest BCUT2D eigenvalue weighted by Crippen LogP contribution is 2.24. The Morgan fingerprint density at radius 1 is 0.133 bits per heavy atom. The van der Waals surface area contributed by atoms with E-state index in [9.17, 15) is 28.8 Å². The second-order valence-electron chi connectivity index (χ2n) is 37.2. The molecular formula is C114H198O6. The van der Waals surface area contributed by atoms with Gasteiger partial charge in [0.2, 0.25) is 0 Å². The largest absolute Gasteiger partial charge is 0.294 e. The predicted octanol–water partition coefficient (Wildman–Crippen LogP) is 39.0. The van der Waals surface area contributed by atoms with Crippen molar-refractivity contribution < 1.29 is 28.8 Å². The number of ketones is 6. The molecule has 0 N–H and O–H groups in total. The Kier molecular flexibility index (Phi) is 86.1. The molecule has 0 unspecified atom stereocenters. The van der Waals surface area contributed by atoms with Crippen LogP contribution >= 0.6 is 0 Å². The van der Waals surface area contributed by atoms with Gasteiger partial charge in [-0.05, 0) is 44.6 Å². The summed E-state index contributed by atoms with van der Waals surface area (Å²) in [6.45, 7) is 13.6. The number of Topliss-reactive ketones (excluding diaryl/α,β-unsaturated/α-hetero) is 6. The number of hydrogen-bond donors (Lipinski definition) is 0. The first-order valence-electron chi connectivity index (χ1n) is 53.6. The molecule has 0 bridgehead atoms. The van der Waals surface area contributed by atoms with Crippen molar-refractivity contribution >= 4 is 34.7 Å². The van der Waals surface area contributed by atoms with Crippen LogP contribution in [0.4, 0.5) is 0 Å². The summed E-state index contributed by atoms with van der Waals surface area (Å²) in [5.74, 6) is 1.27. The molecule has 0 fully saturated rings. The third kappa shape index (κ3) is 74.0. The zero-order valence-electron chi connectivity index (χ0n) is 80.8. The molecule has 0 amide bonds. The summed E-state index contributed by atoms with van der Waals surface area (Å²) in [4.78, 5) is 75.5. The Balaban J connectivity index is 0.000000914. The van der Waals surface area contributed by atoms with Crippen LogP contribution in [0.1, 0.15) is 643 Å². The number of unbranched alkanes of at least 4 members (excludes halogenated alkanes) is 72. The molecule has 0 aliphatic rings. The minimum Gasteiger partial charge on any atom is -0.294 e. The number of benzene rings is 3. The molecule has 6 heteroatoms. The Labute approximate surface area is 746 Å². The van der Waals surface area contributed by atoms with Gasteiger partial charge in [0, 0.05) is 71.9 Å². The van der Waals surface area contributed by atoms with Crippen molar-refractivity contribution in [3.8, 4) is 0 Å². The van der Waals surface area contributed by atoms with Crippen molar-refractivity contribution in [1.82, 2.24) is 0 Å². The van der Waals surface area contributed by atoms with Crippen LogP contribution in [0.15, 0.2) is 72.8 Å². The molecule has 0 aromatic heterocycles. The molecule has 6 nitrogen and oxygen atoms in total. The van der Waals surface area contributed by atoms with Crippen LogP contribution in [-0.4, -0.2) is 34.7 Å². The van der Waals surface area contributed by atoms with Crippen LogP contribution in [0.3, 0.4) is 0 Å². The molecule has 0 saturated carbocycles. The van der Waals surface area contributed by atoms with Crippen molar-refractivity contribution in [2.24, 2.45) is 0 Å². The monoisotopic (exact) mass is 1660 g/mol. The van der Waals surface area contributed by atoms with Gasteiger partial charge in [-0.25, -0.2) is 0 Å². The Morgan fingerprint density at radius 2 is 0.233 bits per heavy atom. The summed E-state index contributed by atoms with van der Waals surface area (Å²) in [6, 6.07) is 22.4. The van der Waals surface area contributed by atoms with Gasteiger partial charge >= 0.3 is 0 Å². The molecule has 3 aromatic carbocycles. The van der Waals surface area contributed by atoms with Crippen molar-refractivity contribution in [1.29, 1.82) is 0 Å². The number of hydrogen-bond acceptors (Lipinski definition) is 6. The van der Waals surface area contributed by atoms with Crippen LogP contribution in [0.25, 0.3) is 0 Å². The maximum absolute atomic E-state index is 12.6. The van der Waals surface area contributed by atoms with Gasteiger partial charge in [-0.15, -0.1) is 0 Å². The quantitative estimate of drug-likeness (QED) is 0.0412. The zero-order valence-corrected chi connectivity index (χ0v) is 80.8. The summed E-state index contributed by atoms with van der Waals surface area (Å²) >= 11 is 0. The standard InChI is InChI=1S/C46H82O2.2C34H58O2/c1-3-5-7-9-11-13-15-17-19-21-23-25-27-29-31-33-35-37-45(47)43-39-41-44(42-40-43)46(48)38-36-34-32-30-28-26-24-22-20-18-16-14-12-10-8-6-4-2;1-3-5-7-9-11-13-15-17-19-21-23-28-33(35)31-26-25-27-32(30-31)34(36)29-24-22-20-18-16-14-12-10-8-6-4-2;1-3-5-7-9-11-13-15-17-19-21-23-25-33(35)31-27-29-32(30-28-31)34(36)26-24-22-20-18-16-14-12-10-8-6-4-2/h39-42H,3-38H2,1-2H3;25-27,30H,3-24,28-29H2,1-2H3;27-30H,3-26H2,1-2H3. The fourth-order valence-corrected chi connectivity index (χ4v) is 17.2. The lowest BCUT2D eigenvalue weighted by molar-refractivity contribution is 0.0967. The summed E-state index contributed by atoms with van der Waals surface area (Å²) in [6.07, 6.45) is 107. The molecule has 0 aliphatic heterocycles. The third-order valence-electron chi connectivity index (χ3n) is 25.6. The first-order valence-corrected chi connectivity index (χ1v) is 53.6. The summed E-state index contributed by atoms with van der Waals surface area (Å²) in [7, 11) is 0. The van der Waals surface area contributed by atoms with Crippen LogP contribution in [-0.2, 0) is 0 Å². The highest BCUT2D eigenvalue weighted by molar-refractivity contribution is 6.02. The molecule has 0 spiro atoms. The summed E-state index contributed by atoms with van der Waals surface area (Å²) in [5.41, 5.74) is 4.47. The molecule has 3 aromatic rings. The van der Waals surface area contributed by atoms with E-state index in [1.807, 2.05) is 72.8 Å². The maximum Gasteiger partial charge on any atom is 0.162 e. The lowest BCUT2D eigenvalue weighted by Crippen LogP contribution is -2.04. The van der Waals surface area contributed by atoms with Crippen molar-refractivity contribution in [2.45, 2.75) is 581 Å². The topological polar surface area (TPSA) is 102 Å². The summed E-state index contributed by atoms with van der Waals surface area (Å²) < 4.78 is 0. The van der Waals surface area contributed by atoms with Gasteiger partial charge in [0.25, 0.3) is 0 Å². The number of rotatable bonds is 90. The minimum atomic E-state index is 0.190. The van der Waals surface area contributed by atoms with Crippen LogP contribution < -0.4 is 0 Å². The normalized spacial score (nSPS) is 11.2. The van der Waals surface area contributed by atoms with Gasteiger partial charge in [0.1, 0.15) is 0 Å². The molecular weight excluding hydrogens is 1470 g/mol. The summed E-state index contributed by atoms with van der Waals surface area (Å²) in [5, 5.41) is 0. The van der Waals surface area contributed by atoms with Crippen LogP contribution in [0.5, 0.6) is 0 Å². The van der Waals surface area contributed by atoms with Crippen LogP contribution in [0.2, 0.25) is 0 Å². The Morgan fingerprint density at radius 3 is 0.350 bits per heavy atom. The van der Waals surface area contributed by atoms with Gasteiger partial charge < -0.3 is 0 Å². The Hall–Kier alpha value is -4.32. The number of carbonyl (C=O) groups is 6. The highest BCUT2D eigenvalue weighted by Gasteiger charge is 2.15. The molecule has 0 saturated heterocycles. The SMILES string of the molecule is CCCCCCCCCCCCCC(=O)c1ccc(C(=O)CCCCCCCCCCCCC)cc1.CCCCCCCCCCCCCC(=O)c1cccc(C(=O)CCCCCCCCCCCCC)c1.CCCCCCCCCCCCCCCCCCCC(=O)c1ccc(C(=O)CCCCCCCCCCCCCCCCCCC)cc1. The molecule has 3 rings (SSSR count). The Bertz CT molecular complexity index is 2540. The van der Waals surface area contributed by atoms with E-state index in [2.05, 4.69) is 41.5 Å². The van der Waals surface area contributed by atoms with Crippen molar-refractivity contribution in [3.63, 3.8) is 0 Å². The molecule has 120 heavy (non-hydrogen) atoms. The lowest BCUT2D eigenvalue weighted by atomic mass is 9.98. The first-order chi connectivity index (χ1) is 59.1. The second kappa shape index (κ2) is 90.9. The number of carbonyl (C=O) groups excluding carboxylic acids is 6. The average molecular weight is 1660 g/mol. The van der Waals surface area contributed by atoms with Gasteiger partial charge in [-0.1, -0.05) is 571 Å². The fraction of sp³-hybridized carbons (Fsp3) is 0.789. The van der Waals surface area contributed by atoms with Crippen molar-refractivity contribution in [3.05, 3.63) is 106 Å². The van der Waals surface area contributed by atoms with E-state index in [4.69, 9.17) is 0 Å². The molecule has 0 heterocycles. The fourth-order valence-electron chi connectivity index (χ4n) is 17.2. The van der Waals surface area contributed by atoms with E-state index in [1.54, 1.807) is 0 Å². The van der Waals surface area contributed by atoms with Gasteiger partial charge in [-0.3, -0.25) is 28.8 Å². The zero-order chi connectivity index (χ0) is 86.8. The van der Waals surface area contributed by atoms with E-state index >= 15 is 0 Å². The molecule has 0 atom stereocenters. The van der Waals surface area contributed by atoms with Gasteiger partial charge in [-0.2, -0.15) is 0 Å². The first kappa shape index (κ1) is 114. The van der Waals surface area contributed by atoms with Crippen LogP contribution in [0, 0.1) is 0 Å². The van der Waals surface area contributed by atoms with E-state index in [1.165, 1.54) is 424 Å². The van der Waals surface area contributed by atoms with E-state index in [-0.39, 0.29) is 34.7 Å². The van der Waals surface area contributed by atoms with E-state index < -0.39 is 0 Å². The van der Waals surface area contributed by atoms with E-state index in [0.29, 0.717) is 49.7 Å². The maximum atomic E-state index is 12.6. The molecule has 0 aliphatic carbocycles. The smallest absolute Gasteiger partial charge is 0.162 e.